The summed E-state index contributed by atoms with van der Waals surface area (Å²) in [7, 11) is 0. The van der Waals surface area contributed by atoms with Gasteiger partial charge < -0.3 is 23.5 Å². The van der Waals surface area contributed by atoms with Crippen molar-refractivity contribution in [3.63, 3.8) is 0 Å². The normalized spacial score (nSPS) is 17.1. The van der Waals surface area contributed by atoms with E-state index in [1.807, 2.05) is 56.4 Å². The van der Waals surface area contributed by atoms with Crippen LogP contribution in [-0.2, 0) is 37.7 Å². The van der Waals surface area contributed by atoms with Gasteiger partial charge in [0.05, 0.1) is 19.8 Å². The van der Waals surface area contributed by atoms with E-state index >= 15 is 0 Å². The van der Waals surface area contributed by atoms with Crippen LogP contribution < -0.4 is 0 Å². The van der Waals surface area contributed by atoms with Gasteiger partial charge >= 0.3 is 0 Å². The third kappa shape index (κ3) is 7.00. The predicted molar refractivity (Wildman–Crippen MR) is 191 cm³/mol. The van der Waals surface area contributed by atoms with Gasteiger partial charge in [0, 0.05) is 12.4 Å². The lowest BCUT2D eigenvalue weighted by Crippen LogP contribution is -2.43. The zero-order chi connectivity index (χ0) is 33.5. The Morgan fingerprint density at radius 3 is 1.57 bits per heavy atom. The molecule has 1 saturated heterocycles. The molecule has 0 bridgehead atoms. The molecule has 3 atom stereocenters. The molecular weight excluding hydrogens is 608 g/mol. The van der Waals surface area contributed by atoms with Gasteiger partial charge in [-0.05, 0) is 41.7 Å². The van der Waals surface area contributed by atoms with Gasteiger partial charge in [0.1, 0.15) is 29.7 Å². The largest absolute Gasteiger partial charge is 0.368 e. The van der Waals surface area contributed by atoms with Gasteiger partial charge in [-0.25, -0.2) is 4.98 Å². The number of imidazole rings is 1. The Balaban J connectivity index is 1.42. The Morgan fingerprint density at radius 2 is 1.12 bits per heavy atom. The number of benzene rings is 5. The lowest BCUT2D eigenvalue weighted by molar-refractivity contribution is -0.182. The summed E-state index contributed by atoms with van der Waals surface area (Å²) in [5.74, 6) is -0.0424. The summed E-state index contributed by atoms with van der Waals surface area (Å²) in [4.78, 5) is 5.12. The maximum Gasteiger partial charge on any atom is 0.163 e. The van der Waals surface area contributed by atoms with Crippen molar-refractivity contribution in [3.05, 3.63) is 198 Å². The minimum atomic E-state index is -0.791. The molecule has 0 spiro atoms. The van der Waals surface area contributed by atoms with Crippen LogP contribution in [0, 0.1) is 0 Å². The molecule has 1 aromatic heterocycles. The van der Waals surface area contributed by atoms with Crippen LogP contribution in [0.5, 0.6) is 0 Å². The summed E-state index contributed by atoms with van der Waals surface area (Å²) < 4.78 is 28.8. The fourth-order valence-corrected chi connectivity index (χ4v) is 6.87. The topological polar surface area (TPSA) is 54.7 Å². The monoisotopic (exact) mass is 650 g/mol. The van der Waals surface area contributed by atoms with Crippen molar-refractivity contribution in [2.24, 2.45) is 0 Å². The van der Waals surface area contributed by atoms with E-state index in [0.717, 1.165) is 33.6 Å². The van der Waals surface area contributed by atoms with Crippen molar-refractivity contribution in [3.8, 4) is 0 Å². The molecule has 0 N–H and O–H groups in total. The third-order valence-corrected chi connectivity index (χ3v) is 9.11. The zero-order valence-electron chi connectivity index (χ0n) is 28.0. The first kappa shape index (κ1) is 32.7. The van der Waals surface area contributed by atoms with Crippen LogP contribution in [0.3, 0.4) is 0 Å². The van der Waals surface area contributed by atoms with Crippen LogP contribution in [0.2, 0.25) is 0 Å². The molecule has 1 aliphatic rings. The van der Waals surface area contributed by atoms with Crippen molar-refractivity contribution in [1.82, 2.24) is 9.55 Å². The highest BCUT2D eigenvalue weighted by Gasteiger charge is 2.47. The number of aromatic nitrogens is 2. The SMILES string of the molecule is CC1(C)OC[C@H]([C@H](OCc2ccccc2)[C@@H](OCc2ccccc2)c2nccn2C(c2ccccc2)(c2ccccc2)c2ccccc2)O1. The number of hydrogen-bond acceptors (Lipinski definition) is 5. The van der Waals surface area contributed by atoms with Gasteiger partial charge in [-0.1, -0.05) is 152 Å². The first-order valence-corrected chi connectivity index (χ1v) is 16.9. The molecule has 1 fully saturated rings. The summed E-state index contributed by atoms with van der Waals surface area (Å²) in [6.45, 7) is 4.97. The molecule has 6 nitrogen and oxygen atoms in total. The fraction of sp³-hybridized carbons (Fsp3) is 0.233. The molecule has 7 rings (SSSR count). The van der Waals surface area contributed by atoms with Crippen molar-refractivity contribution < 1.29 is 18.9 Å². The number of nitrogens with zero attached hydrogens (tertiary/aromatic N) is 2. The highest BCUT2D eigenvalue weighted by molar-refractivity contribution is 5.51. The van der Waals surface area contributed by atoms with Gasteiger partial charge in [-0.2, -0.15) is 0 Å². The van der Waals surface area contributed by atoms with Crippen molar-refractivity contribution in [2.45, 2.75) is 56.7 Å². The lowest BCUT2D eigenvalue weighted by Gasteiger charge is -2.40. The van der Waals surface area contributed by atoms with E-state index in [-0.39, 0.29) is 0 Å². The Hall–Kier alpha value is -4.85. The van der Waals surface area contributed by atoms with Crippen LogP contribution in [0.15, 0.2) is 164 Å². The lowest BCUT2D eigenvalue weighted by atomic mass is 9.76. The van der Waals surface area contributed by atoms with Gasteiger partial charge in [0.2, 0.25) is 0 Å². The number of hydrogen-bond donors (Lipinski definition) is 0. The second-order valence-corrected chi connectivity index (χ2v) is 12.8. The first-order chi connectivity index (χ1) is 24.0. The number of ether oxygens (including phenoxy) is 4. The van der Waals surface area contributed by atoms with Crippen molar-refractivity contribution in [1.29, 1.82) is 0 Å². The van der Waals surface area contributed by atoms with Crippen molar-refractivity contribution >= 4 is 0 Å². The summed E-state index contributed by atoms with van der Waals surface area (Å²) in [5, 5.41) is 0. The minimum absolute atomic E-state index is 0.357. The summed E-state index contributed by atoms with van der Waals surface area (Å²) in [6.07, 6.45) is 2.31. The zero-order valence-corrected chi connectivity index (χ0v) is 28.0. The Bertz CT molecular complexity index is 1780. The second kappa shape index (κ2) is 14.7. The van der Waals surface area contributed by atoms with Crippen LogP contribution in [-0.4, -0.2) is 34.2 Å². The van der Waals surface area contributed by atoms with E-state index in [2.05, 4.69) is 126 Å². The highest BCUT2D eigenvalue weighted by Crippen LogP contribution is 2.44. The quantitative estimate of drug-likeness (QED) is 0.117. The maximum atomic E-state index is 7.00. The van der Waals surface area contributed by atoms with Crippen LogP contribution in [0.4, 0.5) is 0 Å². The molecular formula is C43H42N2O4. The molecule has 0 amide bonds. The van der Waals surface area contributed by atoms with Gasteiger partial charge in [0.25, 0.3) is 0 Å². The van der Waals surface area contributed by atoms with Crippen LogP contribution >= 0.6 is 0 Å². The van der Waals surface area contributed by atoms with Gasteiger partial charge in [-0.3, -0.25) is 0 Å². The standard InChI is InChI=1S/C43H42N2O4/c1-42(2)48-32-38(49-42)39(46-30-33-18-8-3-9-19-33)40(47-31-34-20-10-4-11-21-34)41-44-28-29-45(41)43(35-22-12-5-13-23-35,36-24-14-6-15-25-36)37-26-16-7-17-27-37/h3-29,38-40H,30-32H2,1-2H3/t38-,39+,40-/m1/s1. The second-order valence-electron chi connectivity index (χ2n) is 12.8. The molecule has 5 aromatic carbocycles. The van der Waals surface area contributed by atoms with Crippen LogP contribution in [0.1, 0.15) is 53.6 Å². The molecule has 0 radical (unpaired) electrons. The molecule has 6 heteroatoms. The van der Waals surface area contributed by atoms with E-state index in [4.69, 9.17) is 23.9 Å². The predicted octanol–water partition coefficient (Wildman–Crippen LogP) is 8.72. The van der Waals surface area contributed by atoms with E-state index in [9.17, 15) is 0 Å². The molecule has 49 heavy (non-hydrogen) atoms. The van der Waals surface area contributed by atoms with Gasteiger partial charge in [0.15, 0.2) is 5.79 Å². The first-order valence-electron chi connectivity index (χ1n) is 16.9. The Labute approximate surface area is 288 Å². The Morgan fingerprint density at radius 1 is 0.673 bits per heavy atom. The third-order valence-electron chi connectivity index (χ3n) is 9.11. The van der Waals surface area contributed by atoms with E-state index in [1.54, 1.807) is 0 Å². The molecule has 0 saturated carbocycles. The molecule has 0 aliphatic carbocycles. The van der Waals surface area contributed by atoms with E-state index in [0.29, 0.717) is 19.8 Å². The summed E-state index contributed by atoms with van der Waals surface area (Å²) in [6, 6.07) is 52.2. The molecule has 248 valence electrons. The Kier molecular flexibility index (Phi) is 9.82. The van der Waals surface area contributed by atoms with Crippen molar-refractivity contribution in [2.75, 3.05) is 6.61 Å². The average molecular weight is 651 g/mol. The van der Waals surface area contributed by atoms with Crippen LogP contribution in [0.25, 0.3) is 0 Å². The summed E-state index contributed by atoms with van der Waals surface area (Å²) in [5.41, 5.74) is 4.60. The molecule has 1 aliphatic heterocycles. The summed E-state index contributed by atoms with van der Waals surface area (Å²) >= 11 is 0. The van der Waals surface area contributed by atoms with Gasteiger partial charge in [-0.15, -0.1) is 0 Å². The average Bonchev–Trinajstić information content (AvgIpc) is 3.78. The smallest absolute Gasteiger partial charge is 0.163 e. The number of rotatable bonds is 13. The van der Waals surface area contributed by atoms with E-state index < -0.39 is 29.6 Å². The highest BCUT2D eigenvalue weighted by atomic mass is 16.8. The molecule has 2 heterocycles. The van der Waals surface area contributed by atoms with E-state index in [1.165, 1.54) is 0 Å². The molecule has 0 unspecified atom stereocenters. The molecule has 6 aromatic rings. The fourth-order valence-electron chi connectivity index (χ4n) is 6.87. The minimum Gasteiger partial charge on any atom is -0.368 e. The maximum absolute atomic E-state index is 7.00.